The zero-order valence-electron chi connectivity index (χ0n) is 13.0. The first-order chi connectivity index (χ1) is 12.2. The van der Waals surface area contributed by atoms with E-state index < -0.39 is 67.9 Å². The van der Waals surface area contributed by atoms with Gasteiger partial charge < -0.3 is 49.4 Å². The Bertz CT molecular complexity index is 688. The van der Waals surface area contributed by atoms with Gasteiger partial charge in [-0.15, -0.1) is 0 Å². The summed E-state index contributed by atoms with van der Waals surface area (Å²) in [4.78, 5) is 71.0. The zero-order chi connectivity index (χ0) is 22.3. The molecular weight excluding hydrogens is 484 g/mol. The molecule has 0 aromatic heterocycles. The molecule has 1 rings (SSSR count). The molecule has 0 radical (unpaired) electrons. The fraction of sp³-hybridized carbons (Fsp3) is 1.00. The van der Waals surface area contributed by atoms with Crippen molar-refractivity contribution in [3.8, 4) is 0 Å². The molecule has 1 saturated carbocycles. The van der Waals surface area contributed by atoms with Gasteiger partial charge in [0.25, 0.3) is 0 Å². The summed E-state index contributed by atoms with van der Waals surface area (Å²) in [6.45, 7) is 0. The number of rotatable bonds is 8. The van der Waals surface area contributed by atoms with Crippen molar-refractivity contribution in [1.29, 1.82) is 0 Å². The van der Waals surface area contributed by atoms with Crippen LogP contribution in [-0.2, 0) is 36.4 Å². The third-order valence-corrected chi connectivity index (χ3v) is 5.10. The van der Waals surface area contributed by atoms with Gasteiger partial charge in [0.15, 0.2) is 0 Å². The lowest BCUT2D eigenvalue weighted by atomic mass is 9.85. The maximum atomic E-state index is 11.1. The maximum absolute atomic E-state index is 11.1. The van der Waals surface area contributed by atoms with Crippen molar-refractivity contribution in [2.75, 3.05) is 0 Å². The summed E-state index contributed by atoms with van der Waals surface area (Å²) < 4.78 is 60.5. The number of hydrogen-bond donors (Lipinski definition) is 10. The molecule has 0 aromatic carbocycles. The summed E-state index contributed by atoms with van der Waals surface area (Å²) in [5, 5.41) is 20.1. The second-order valence-electron chi connectivity index (χ2n) is 5.22. The van der Waals surface area contributed by atoms with Gasteiger partial charge in [0.1, 0.15) is 36.6 Å². The quantitative estimate of drug-likeness (QED) is 0.145. The Labute approximate surface area is 154 Å². The first-order valence-electron chi connectivity index (χ1n) is 6.52. The normalized spacial score (nSPS) is 33.1. The molecular formula is C6H16O18P4. The summed E-state index contributed by atoms with van der Waals surface area (Å²) >= 11 is 0. The lowest BCUT2D eigenvalue weighted by Crippen LogP contribution is -2.65. The van der Waals surface area contributed by atoms with Crippen molar-refractivity contribution in [3.63, 3.8) is 0 Å². The molecule has 1 aliphatic rings. The average Bonchev–Trinajstić information content (AvgIpc) is 2.39. The largest absolute Gasteiger partial charge is 0.470 e. The van der Waals surface area contributed by atoms with E-state index in [0.717, 1.165) is 0 Å². The standard InChI is InChI=1S/C6H16O18P4/c7-1-3(21-25(9,10)11)2(8)5(23-27(15,16)17)6(24-28(18,19)20)4(1)22-26(12,13)14/h1-8H,(H2,9,10,11)(H2,12,13,14)(H2,15,16,17)(H2,18,19,20)/t1-,2+,3?,4-,5-,6?/m1/s1. The van der Waals surface area contributed by atoms with Crippen LogP contribution in [-0.4, -0.2) is 86.0 Å². The highest BCUT2D eigenvalue weighted by Crippen LogP contribution is 2.52. The Morgan fingerprint density at radius 2 is 0.643 bits per heavy atom. The molecule has 6 atom stereocenters. The van der Waals surface area contributed by atoms with E-state index >= 15 is 0 Å². The Hall–Kier alpha value is 0.360. The first-order valence-corrected chi connectivity index (χ1v) is 12.6. The van der Waals surface area contributed by atoms with Crippen molar-refractivity contribution < 1.29 is 85.7 Å². The van der Waals surface area contributed by atoms with Crippen LogP contribution in [0.5, 0.6) is 0 Å². The van der Waals surface area contributed by atoms with Crippen LogP contribution in [0.15, 0.2) is 0 Å². The van der Waals surface area contributed by atoms with Crippen LogP contribution in [0.1, 0.15) is 0 Å². The smallest absolute Gasteiger partial charge is 0.387 e. The van der Waals surface area contributed by atoms with Crippen LogP contribution < -0.4 is 0 Å². The van der Waals surface area contributed by atoms with Crippen LogP contribution in [0.3, 0.4) is 0 Å². The van der Waals surface area contributed by atoms with Crippen molar-refractivity contribution in [2.45, 2.75) is 36.6 Å². The molecule has 0 bridgehead atoms. The van der Waals surface area contributed by atoms with Gasteiger partial charge in [-0.05, 0) is 0 Å². The first kappa shape index (κ1) is 26.4. The fourth-order valence-electron chi connectivity index (χ4n) is 2.28. The Morgan fingerprint density at radius 3 is 0.893 bits per heavy atom. The third kappa shape index (κ3) is 8.62. The second kappa shape index (κ2) is 8.85. The molecule has 0 amide bonds. The van der Waals surface area contributed by atoms with Crippen LogP contribution in [0, 0.1) is 0 Å². The molecule has 0 aromatic rings. The Morgan fingerprint density at radius 1 is 0.429 bits per heavy atom. The van der Waals surface area contributed by atoms with Gasteiger partial charge in [0.2, 0.25) is 0 Å². The van der Waals surface area contributed by atoms with Crippen LogP contribution in [0.4, 0.5) is 0 Å². The van der Waals surface area contributed by atoms with E-state index in [4.69, 9.17) is 39.1 Å². The summed E-state index contributed by atoms with van der Waals surface area (Å²) in [5.74, 6) is 0. The van der Waals surface area contributed by atoms with Crippen molar-refractivity contribution in [3.05, 3.63) is 0 Å². The van der Waals surface area contributed by atoms with Crippen LogP contribution in [0.25, 0.3) is 0 Å². The van der Waals surface area contributed by atoms with Crippen LogP contribution in [0.2, 0.25) is 0 Å². The molecule has 22 heteroatoms. The van der Waals surface area contributed by atoms with Gasteiger partial charge in [0.05, 0.1) is 0 Å². The lowest BCUT2D eigenvalue weighted by Gasteiger charge is -2.45. The molecule has 0 aliphatic heterocycles. The van der Waals surface area contributed by atoms with Gasteiger partial charge in [-0.1, -0.05) is 0 Å². The Balaban J connectivity index is 3.50. The molecule has 18 nitrogen and oxygen atoms in total. The predicted molar refractivity (Wildman–Crippen MR) is 79.7 cm³/mol. The molecule has 1 fully saturated rings. The Kier molecular flexibility index (Phi) is 8.34. The summed E-state index contributed by atoms with van der Waals surface area (Å²) in [6.07, 6.45) is -15.9. The number of hydrogen-bond acceptors (Lipinski definition) is 10. The molecule has 1 aliphatic carbocycles. The van der Waals surface area contributed by atoms with E-state index in [0.29, 0.717) is 0 Å². The SMILES string of the molecule is O=P(O)(O)OC1[C@@H](O)[C@@H](OP(=O)(O)O)C(OP(=O)(O)O)[C@H](OP(=O)(O)O)[C@H]1O. The number of aliphatic hydroxyl groups is 2. The number of phosphoric acid groups is 4. The van der Waals surface area contributed by atoms with E-state index in [1.165, 1.54) is 0 Å². The molecule has 0 saturated heterocycles. The average molecular weight is 500 g/mol. The number of aliphatic hydroxyl groups excluding tert-OH is 2. The summed E-state index contributed by atoms with van der Waals surface area (Å²) in [7, 11) is -22.4. The molecule has 168 valence electrons. The molecule has 2 unspecified atom stereocenters. The summed E-state index contributed by atoms with van der Waals surface area (Å²) in [6, 6.07) is 0. The fourth-order valence-corrected chi connectivity index (χ4v) is 4.52. The maximum Gasteiger partial charge on any atom is 0.470 e. The van der Waals surface area contributed by atoms with Gasteiger partial charge >= 0.3 is 31.3 Å². The van der Waals surface area contributed by atoms with E-state index in [9.17, 15) is 28.5 Å². The van der Waals surface area contributed by atoms with Gasteiger partial charge in [-0.2, -0.15) is 0 Å². The van der Waals surface area contributed by atoms with E-state index in [-0.39, 0.29) is 0 Å². The van der Waals surface area contributed by atoms with Gasteiger partial charge in [-0.25, -0.2) is 18.3 Å². The lowest BCUT2D eigenvalue weighted by molar-refractivity contribution is -0.208. The van der Waals surface area contributed by atoms with Crippen molar-refractivity contribution in [2.24, 2.45) is 0 Å². The van der Waals surface area contributed by atoms with Crippen molar-refractivity contribution >= 4 is 31.3 Å². The summed E-state index contributed by atoms with van der Waals surface area (Å²) in [5.41, 5.74) is 0. The predicted octanol–water partition coefficient (Wildman–Crippen LogP) is -3.37. The van der Waals surface area contributed by atoms with Gasteiger partial charge in [0, 0.05) is 0 Å². The monoisotopic (exact) mass is 500 g/mol. The van der Waals surface area contributed by atoms with Crippen LogP contribution >= 0.6 is 31.3 Å². The van der Waals surface area contributed by atoms with E-state index in [1.807, 2.05) is 0 Å². The third-order valence-electron chi connectivity index (χ3n) is 3.03. The molecule has 10 N–H and O–H groups in total. The number of phosphoric ester groups is 4. The molecule has 0 heterocycles. The van der Waals surface area contributed by atoms with E-state index in [1.54, 1.807) is 0 Å². The highest BCUT2D eigenvalue weighted by molar-refractivity contribution is 7.47. The second-order valence-corrected chi connectivity index (χ2v) is 9.99. The van der Waals surface area contributed by atoms with Gasteiger partial charge in [-0.3, -0.25) is 18.1 Å². The van der Waals surface area contributed by atoms with E-state index in [2.05, 4.69) is 18.1 Å². The highest BCUT2D eigenvalue weighted by Gasteiger charge is 2.58. The topological polar surface area (TPSA) is 308 Å². The minimum Gasteiger partial charge on any atom is -0.387 e. The minimum atomic E-state index is -5.64. The zero-order valence-corrected chi connectivity index (χ0v) is 16.6. The minimum absolute atomic E-state index is 2.56. The molecule has 28 heavy (non-hydrogen) atoms. The molecule has 0 spiro atoms. The van der Waals surface area contributed by atoms with Crippen molar-refractivity contribution in [1.82, 2.24) is 0 Å². The highest BCUT2D eigenvalue weighted by atomic mass is 31.2.